The largest absolute Gasteiger partial charge is 0.312 e. The van der Waals surface area contributed by atoms with Crippen LogP contribution in [0.25, 0.3) is 0 Å². The van der Waals surface area contributed by atoms with Crippen LogP contribution >= 0.6 is 0 Å². The SMILES string of the molecule is CCC1CCCCCN1CCNC1CCS(=O)(=O)C1. The molecule has 0 aromatic heterocycles. The molecule has 2 rings (SSSR count). The van der Waals surface area contributed by atoms with Gasteiger partial charge in [-0.3, -0.25) is 4.90 Å². The Morgan fingerprint density at radius 3 is 2.74 bits per heavy atom. The molecule has 5 heteroatoms. The molecule has 0 aliphatic carbocycles. The average Bonchev–Trinajstić information content (AvgIpc) is 2.60. The van der Waals surface area contributed by atoms with E-state index in [2.05, 4.69) is 17.1 Å². The van der Waals surface area contributed by atoms with Gasteiger partial charge in [0, 0.05) is 25.2 Å². The van der Waals surface area contributed by atoms with Gasteiger partial charge in [-0.2, -0.15) is 0 Å². The third-order valence-corrected chi connectivity index (χ3v) is 6.30. The highest BCUT2D eigenvalue weighted by atomic mass is 32.2. The first-order chi connectivity index (χ1) is 9.11. The Kier molecular flexibility index (Phi) is 5.66. The number of hydrogen-bond donors (Lipinski definition) is 1. The Balaban J connectivity index is 1.72. The molecule has 4 nitrogen and oxygen atoms in total. The van der Waals surface area contributed by atoms with Crippen molar-refractivity contribution in [3.8, 4) is 0 Å². The van der Waals surface area contributed by atoms with E-state index in [1.807, 2.05) is 0 Å². The minimum Gasteiger partial charge on any atom is -0.312 e. The molecule has 2 saturated heterocycles. The van der Waals surface area contributed by atoms with Gasteiger partial charge in [0.1, 0.15) is 0 Å². The topological polar surface area (TPSA) is 49.4 Å². The fourth-order valence-electron chi connectivity index (χ4n) is 3.36. The van der Waals surface area contributed by atoms with Crippen molar-refractivity contribution in [1.82, 2.24) is 10.2 Å². The first-order valence-corrected chi connectivity index (χ1v) is 9.61. The molecular formula is C14H28N2O2S. The van der Waals surface area contributed by atoms with Crippen LogP contribution < -0.4 is 5.32 Å². The van der Waals surface area contributed by atoms with Gasteiger partial charge in [-0.1, -0.05) is 19.8 Å². The van der Waals surface area contributed by atoms with E-state index >= 15 is 0 Å². The summed E-state index contributed by atoms with van der Waals surface area (Å²) in [6.07, 6.45) is 7.39. The summed E-state index contributed by atoms with van der Waals surface area (Å²) in [4.78, 5) is 2.60. The van der Waals surface area contributed by atoms with E-state index in [1.165, 1.54) is 38.6 Å². The molecule has 2 aliphatic heterocycles. The van der Waals surface area contributed by atoms with Gasteiger partial charge in [0.25, 0.3) is 0 Å². The van der Waals surface area contributed by atoms with Gasteiger partial charge in [0.15, 0.2) is 9.84 Å². The smallest absolute Gasteiger partial charge is 0.151 e. The van der Waals surface area contributed by atoms with Crippen LogP contribution in [0.4, 0.5) is 0 Å². The summed E-state index contributed by atoms with van der Waals surface area (Å²) in [5.74, 6) is 0.705. The number of nitrogens with zero attached hydrogens (tertiary/aromatic N) is 1. The van der Waals surface area contributed by atoms with Crippen LogP contribution in [0.3, 0.4) is 0 Å². The zero-order valence-electron chi connectivity index (χ0n) is 12.1. The van der Waals surface area contributed by atoms with Crippen molar-refractivity contribution in [3.05, 3.63) is 0 Å². The molecule has 0 radical (unpaired) electrons. The molecule has 2 unspecified atom stereocenters. The van der Waals surface area contributed by atoms with Crippen LogP contribution in [0.2, 0.25) is 0 Å². The summed E-state index contributed by atoms with van der Waals surface area (Å²) < 4.78 is 22.8. The minimum absolute atomic E-state index is 0.192. The molecular weight excluding hydrogens is 260 g/mol. The number of hydrogen-bond acceptors (Lipinski definition) is 4. The van der Waals surface area contributed by atoms with Crippen molar-refractivity contribution in [2.75, 3.05) is 31.1 Å². The van der Waals surface area contributed by atoms with E-state index in [-0.39, 0.29) is 6.04 Å². The van der Waals surface area contributed by atoms with Gasteiger partial charge in [-0.15, -0.1) is 0 Å². The summed E-state index contributed by atoms with van der Waals surface area (Å²) in [5, 5.41) is 3.43. The molecule has 2 atom stereocenters. The Labute approximate surface area is 117 Å². The third kappa shape index (κ3) is 4.72. The Hall–Kier alpha value is -0.130. The zero-order valence-corrected chi connectivity index (χ0v) is 12.9. The van der Waals surface area contributed by atoms with E-state index in [0.717, 1.165) is 25.6 Å². The third-order valence-electron chi connectivity index (χ3n) is 4.53. The highest BCUT2D eigenvalue weighted by molar-refractivity contribution is 7.91. The van der Waals surface area contributed by atoms with Gasteiger partial charge in [0.05, 0.1) is 11.5 Å². The van der Waals surface area contributed by atoms with E-state index in [9.17, 15) is 8.42 Å². The normalized spacial score (nSPS) is 32.3. The van der Waals surface area contributed by atoms with Gasteiger partial charge in [-0.25, -0.2) is 8.42 Å². The molecule has 0 amide bonds. The summed E-state index contributed by atoms with van der Waals surface area (Å²) >= 11 is 0. The summed E-state index contributed by atoms with van der Waals surface area (Å²) in [5.41, 5.74) is 0. The van der Waals surface area contributed by atoms with Crippen molar-refractivity contribution < 1.29 is 8.42 Å². The molecule has 0 aromatic rings. The van der Waals surface area contributed by atoms with Crippen molar-refractivity contribution in [2.45, 2.75) is 57.5 Å². The van der Waals surface area contributed by atoms with Gasteiger partial charge >= 0.3 is 0 Å². The fourth-order valence-corrected chi connectivity index (χ4v) is 5.07. The maximum atomic E-state index is 11.4. The molecule has 0 aromatic carbocycles. The predicted octanol–water partition coefficient (Wildman–Crippen LogP) is 1.42. The van der Waals surface area contributed by atoms with Crippen molar-refractivity contribution in [2.24, 2.45) is 0 Å². The standard InChI is InChI=1S/C14H28N2O2S/c1-2-14-6-4-3-5-9-16(14)10-8-15-13-7-11-19(17,18)12-13/h13-15H,2-12H2,1H3. The summed E-state index contributed by atoms with van der Waals surface area (Å²) in [6.45, 7) is 5.48. The van der Waals surface area contributed by atoms with Crippen molar-refractivity contribution in [1.29, 1.82) is 0 Å². The average molecular weight is 288 g/mol. The molecule has 2 aliphatic rings. The highest BCUT2D eigenvalue weighted by Crippen LogP contribution is 2.18. The second-order valence-electron chi connectivity index (χ2n) is 6.00. The monoisotopic (exact) mass is 288 g/mol. The van der Waals surface area contributed by atoms with E-state index < -0.39 is 9.84 Å². The lowest BCUT2D eigenvalue weighted by atomic mass is 10.1. The molecule has 112 valence electrons. The lowest BCUT2D eigenvalue weighted by Gasteiger charge is -2.29. The maximum absolute atomic E-state index is 11.4. The molecule has 2 fully saturated rings. The van der Waals surface area contributed by atoms with Crippen LogP contribution in [0.1, 0.15) is 45.4 Å². The first-order valence-electron chi connectivity index (χ1n) is 7.78. The van der Waals surface area contributed by atoms with Gasteiger partial charge in [-0.05, 0) is 32.2 Å². The number of sulfone groups is 1. The lowest BCUT2D eigenvalue weighted by molar-refractivity contribution is 0.193. The van der Waals surface area contributed by atoms with E-state index in [1.54, 1.807) is 0 Å². The van der Waals surface area contributed by atoms with Crippen LogP contribution in [0, 0.1) is 0 Å². The second kappa shape index (κ2) is 7.04. The molecule has 0 bridgehead atoms. The van der Waals surface area contributed by atoms with Crippen molar-refractivity contribution >= 4 is 9.84 Å². The molecule has 0 spiro atoms. The first kappa shape index (κ1) is 15.3. The second-order valence-corrected chi connectivity index (χ2v) is 8.23. The van der Waals surface area contributed by atoms with E-state index in [4.69, 9.17) is 0 Å². The number of rotatable bonds is 5. The van der Waals surface area contributed by atoms with Crippen LogP contribution in [0.15, 0.2) is 0 Å². The Morgan fingerprint density at radius 2 is 2.05 bits per heavy atom. The van der Waals surface area contributed by atoms with Gasteiger partial charge in [0.2, 0.25) is 0 Å². The number of nitrogens with one attached hydrogen (secondary N) is 1. The quantitative estimate of drug-likeness (QED) is 0.831. The Morgan fingerprint density at radius 1 is 1.21 bits per heavy atom. The molecule has 2 heterocycles. The van der Waals surface area contributed by atoms with Crippen molar-refractivity contribution in [3.63, 3.8) is 0 Å². The predicted molar refractivity (Wildman–Crippen MR) is 79.2 cm³/mol. The molecule has 19 heavy (non-hydrogen) atoms. The molecule has 0 saturated carbocycles. The van der Waals surface area contributed by atoms with E-state index in [0.29, 0.717) is 11.5 Å². The summed E-state index contributed by atoms with van der Waals surface area (Å²) in [6, 6.07) is 0.925. The fraction of sp³-hybridized carbons (Fsp3) is 1.00. The van der Waals surface area contributed by atoms with Gasteiger partial charge < -0.3 is 5.32 Å². The molecule has 1 N–H and O–H groups in total. The summed E-state index contributed by atoms with van der Waals surface area (Å²) in [7, 11) is -2.75. The van der Waals surface area contributed by atoms with Crippen LogP contribution in [-0.2, 0) is 9.84 Å². The van der Waals surface area contributed by atoms with Crippen LogP contribution in [0.5, 0.6) is 0 Å². The van der Waals surface area contributed by atoms with Crippen LogP contribution in [-0.4, -0.2) is 56.5 Å². The lowest BCUT2D eigenvalue weighted by Crippen LogP contribution is -2.42. The number of likely N-dealkylation sites (tertiary alicyclic amines) is 1. The minimum atomic E-state index is -2.75. The maximum Gasteiger partial charge on any atom is 0.151 e. The Bertz CT molecular complexity index is 370. The highest BCUT2D eigenvalue weighted by Gasteiger charge is 2.27. The zero-order chi connectivity index (χ0) is 13.7.